The molecule has 0 amide bonds. The van der Waals surface area contributed by atoms with Crippen molar-refractivity contribution in [1.29, 1.82) is 0 Å². The van der Waals surface area contributed by atoms with Gasteiger partial charge in [0.05, 0.1) is 0 Å². The summed E-state index contributed by atoms with van der Waals surface area (Å²) in [5, 5.41) is 16.0. The number of hydrogen-bond acceptors (Lipinski definition) is 5. The maximum Gasteiger partial charge on any atom is 0.328 e. The third-order valence-corrected chi connectivity index (χ3v) is 2.54. The lowest BCUT2D eigenvalue weighted by Crippen LogP contribution is -1.98. The summed E-state index contributed by atoms with van der Waals surface area (Å²) in [7, 11) is 0. The molecule has 1 aromatic heterocycles. The van der Waals surface area contributed by atoms with Crippen molar-refractivity contribution in [2.75, 3.05) is 0 Å². The molecule has 21 heavy (non-hydrogen) atoms. The molecule has 6 nitrogen and oxygen atoms in total. The Morgan fingerprint density at radius 1 is 1.43 bits per heavy atom. The number of ether oxygens (including phenoxy) is 1. The van der Waals surface area contributed by atoms with Crippen molar-refractivity contribution in [3.63, 3.8) is 0 Å². The Kier molecular flexibility index (Phi) is 4.65. The highest BCUT2D eigenvalue weighted by atomic mass is 19.1. The van der Waals surface area contributed by atoms with Crippen LogP contribution in [0, 0.1) is 5.82 Å². The van der Waals surface area contributed by atoms with Gasteiger partial charge >= 0.3 is 5.97 Å². The predicted octanol–water partition coefficient (Wildman–Crippen LogP) is 2.45. The number of halogens is 1. The Bertz CT molecular complexity index is 667. The van der Waals surface area contributed by atoms with Crippen molar-refractivity contribution in [3.8, 4) is 5.75 Å². The van der Waals surface area contributed by atoms with Crippen LogP contribution in [0.15, 0.2) is 28.7 Å². The first-order chi connectivity index (χ1) is 10.1. The Morgan fingerprint density at radius 3 is 2.81 bits per heavy atom. The van der Waals surface area contributed by atoms with Gasteiger partial charge in [0.15, 0.2) is 18.2 Å². The van der Waals surface area contributed by atoms with Gasteiger partial charge in [0.1, 0.15) is 0 Å². The summed E-state index contributed by atoms with van der Waals surface area (Å²) in [6.07, 6.45) is 2.84. The van der Waals surface area contributed by atoms with E-state index >= 15 is 0 Å². The van der Waals surface area contributed by atoms with E-state index in [4.69, 9.17) is 14.3 Å². The maximum absolute atomic E-state index is 13.8. The molecule has 2 rings (SSSR count). The zero-order chi connectivity index (χ0) is 15.2. The molecule has 0 saturated heterocycles. The van der Waals surface area contributed by atoms with Crippen LogP contribution in [0.5, 0.6) is 5.75 Å². The number of aliphatic carboxylic acids is 1. The van der Waals surface area contributed by atoms with E-state index in [1.54, 1.807) is 6.07 Å². The molecule has 0 spiro atoms. The second kappa shape index (κ2) is 6.65. The van der Waals surface area contributed by atoms with E-state index in [1.807, 2.05) is 6.92 Å². The van der Waals surface area contributed by atoms with E-state index in [1.165, 1.54) is 18.2 Å². The smallest absolute Gasteiger partial charge is 0.328 e. The summed E-state index contributed by atoms with van der Waals surface area (Å²) in [6, 6.07) is 4.14. The number of aryl methyl sites for hydroxylation is 1. The van der Waals surface area contributed by atoms with E-state index in [0.29, 0.717) is 17.9 Å². The van der Waals surface area contributed by atoms with Gasteiger partial charge in [0.25, 0.3) is 5.89 Å². The van der Waals surface area contributed by atoms with Crippen molar-refractivity contribution in [2.24, 2.45) is 0 Å². The zero-order valence-corrected chi connectivity index (χ0v) is 11.2. The van der Waals surface area contributed by atoms with Gasteiger partial charge in [-0.2, -0.15) is 0 Å². The van der Waals surface area contributed by atoms with Gasteiger partial charge in [-0.25, -0.2) is 9.18 Å². The molecular formula is C14H13FN2O4. The number of aromatic nitrogens is 2. The highest BCUT2D eigenvalue weighted by Gasteiger charge is 2.08. The van der Waals surface area contributed by atoms with E-state index in [2.05, 4.69) is 10.2 Å². The second-order valence-corrected chi connectivity index (χ2v) is 4.09. The molecule has 0 saturated carbocycles. The average Bonchev–Trinajstić information content (AvgIpc) is 2.92. The van der Waals surface area contributed by atoms with Crippen LogP contribution in [-0.2, 0) is 17.8 Å². The van der Waals surface area contributed by atoms with Gasteiger partial charge in [-0.15, -0.1) is 10.2 Å². The van der Waals surface area contributed by atoms with Gasteiger partial charge in [0.2, 0.25) is 5.89 Å². The summed E-state index contributed by atoms with van der Waals surface area (Å²) in [5.74, 6) is -0.917. The second-order valence-electron chi connectivity index (χ2n) is 4.09. The largest absolute Gasteiger partial charge is 0.481 e. The summed E-state index contributed by atoms with van der Waals surface area (Å²) < 4.78 is 24.3. The molecule has 1 aromatic carbocycles. The van der Waals surface area contributed by atoms with Crippen molar-refractivity contribution in [2.45, 2.75) is 20.0 Å². The highest BCUT2D eigenvalue weighted by Crippen LogP contribution is 2.20. The molecule has 0 bridgehead atoms. The minimum Gasteiger partial charge on any atom is -0.481 e. The summed E-state index contributed by atoms with van der Waals surface area (Å²) in [6.45, 7) is 1.84. The molecule has 110 valence electrons. The van der Waals surface area contributed by atoms with Gasteiger partial charge in [-0.1, -0.05) is 13.0 Å². The van der Waals surface area contributed by atoms with Crippen molar-refractivity contribution >= 4 is 12.0 Å². The quantitative estimate of drug-likeness (QED) is 0.823. The van der Waals surface area contributed by atoms with Crippen LogP contribution >= 0.6 is 0 Å². The third kappa shape index (κ3) is 4.13. The topological polar surface area (TPSA) is 85.5 Å². The number of rotatable bonds is 6. The first-order valence-corrected chi connectivity index (χ1v) is 6.23. The normalized spacial score (nSPS) is 11.0. The minimum atomic E-state index is -1.10. The Morgan fingerprint density at radius 2 is 2.19 bits per heavy atom. The molecule has 7 heteroatoms. The van der Waals surface area contributed by atoms with Crippen LogP contribution in [0.1, 0.15) is 24.3 Å². The zero-order valence-electron chi connectivity index (χ0n) is 11.2. The Labute approximate surface area is 119 Å². The lowest BCUT2D eigenvalue weighted by atomic mass is 10.2. The van der Waals surface area contributed by atoms with Crippen LogP contribution in [0.25, 0.3) is 6.08 Å². The van der Waals surface area contributed by atoms with Gasteiger partial charge in [-0.3, -0.25) is 0 Å². The van der Waals surface area contributed by atoms with Crippen molar-refractivity contribution in [1.82, 2.24) is 10.2 Å². The molecule has 0 radical (unpaired) electrons. The van der Waals surface area contributed by atoms with Crippen LogP contribution < -0.4 is 4.74 Å². The van der Waals surface area contributed by atoms with Crippen LogP contribution in [0.2, 0.25) is 0 Å². The molecule has 0 atom stereocenters. The number of nitrogens with zero attached hydrogens (tertiary/aromatic N) is 2. The van der Waals surface area contributed by atoms with Crippen LogP contribution in [0.3, 0.4) is 0 Å². The fourth-order valence-electron chi connectivity index (χ4n) is 1.53. The number of benzene rings is 1. The SMILES string of the molecule is CCc1nnc(COc2ccc(/C=C/C(=O)O)cc2F)o1. The molecular weight excluding hydrogens is 279 g/mol. The van der Waals surface area contributed by atoms with Gasteiger partial charge in [0, 0.05) is 12.5 Å². The predicted molar refractivity (Wildman–Crippen MR) is 71.1 cm³/mol. The molecule has 1 N–H and O–H groups in total. The van der Waals surface area contributed by atoms with Gasteiger partial charge in [-0.05, 0) is 23.8 Å². The Hall–Kier alpha value is -2.70. The maximum atomic E-state index is 13.8. The van der Waals surface area contributed by atoms with E-state index in [-0.39, 0.29) is 18.2 Å². The number of hydrogen-bond donors (Lipinski definition) is 1. The number of carboxylic acids is 1. The van der Waals surface area contributed by atoms with Gasteiger partial charge < -0.3 is 14.3 Å². The lowest BCUT2D eigenvalue weighted by molar-refractivity contribution is -0.131. The van der Waals surface area contributed by atoms with Crippen molar-refractivity contribution in [3.05, 3.63) is 47.4 Å². The third-order valence-electron chi connectivity index (χ3n) is 2.54. The molecule has 1 heterocycles. The fraction of sp³-hybridized carbons (Fsp3) is 0.214. The highest BCUT2D eigenvalue weighted by molar-refractivity contribution is 5.85. The lowest BCUT2D eigenvalue weighted by Gasteiger charge is -2.05. The summed E-state index contributed by atoms with van der Waals surface area (Å²) in [5.41, 5.74) is 0.424. The molecule has 2 aromatic rings. The standard InChI is InChI=1S/C14H13FN2O4/c1-2-12-16-17-13(21-12)8-20-11-5-3-9(7-10(11)15)4-6-14(18)19/h3-7H,2,8H2,1H3,(H,18,19)/b6-4+. The molecule has 0 aliphatic carbocycles. The number of carbonyl (C=O) groups is 1. The first kappa shape index (κ1) is 14.7. The van der Waals surface area contributed by atoms with E-state index in [0.717, 1.165) is 6.08 Å². The van der Waals surface area contributed by atoms with Crippen molar-refractivity contribution < 1.29 is 23.4 Å². The van der Waals surface area contributed by atoms with E-state index in [9.17, 15) is 9.18 Å². The molecule has 0 aliphatic rings. The van der Waals surface area contributed by atoms with Crippen LogP contribution in [-0.4, -0.2) is 21.3 Å². The van der Waals surface area contributed by atoms with Crippen LogP contribution in [0.4, 0.5) is 4.39 Å². The summed E-state index contributed by atoms with van der Waals surface area (Å²) in [4.78, 5) is 10.4. The average molecular weight is 292 g/mol. The molecule has 0 aliphatic heterocycles. The number of carboxylic acid groups (broad SMARTS) is 1. The summed E-state index contributed by atoms with van der Waals surface area (Å²) >= 11 is 0. The fourth-order valence-corrected chi connectivity index (χ4v) is 1.53. The first-order valence-electron chi connectivity index (χ1n) is 6.23. The Balaban J connectivity index is 2.02. The molecule has 0 fully saturated rings. The van der Waals surface area contributed by atoms with E-state index < -0.39 is 11.8 Å². The monoisotopic (exact) mass is 292 g/mol. The molecule has 0 unspecified atom stereocenters. The minimum absolute atomic E-state index is 0.0266.